The van der Waals surface area contributed by atoms with E-state index in [0.717, 1.165) is 43.9 Å². The van der Waals surface area contributed by atoms with Gasteiger partial charge in [0.25, 0.3) is 0 Å². The van der Waals surface area contributed by atoms with Crippen LogP contribution < -0.4 is 10.6 Å². The molecule has 0 aromatic carbocycles. The summed E-state index contributed by atoms with van der Waals surface area (Å²) < 4.78 is 5.81. The molecule has 3 aromatic rings. The zero-order valence-electron chi connectivity index (χ0n) is 12.6. The van der Waals surface area contributed by atoms with Crippen LogP contribution >= 0.6 is 11.3 Å². The number of thiophene rings is 1. The van der Waals surface area contributed by atoms with Crippen LogP contribution in [-0.4, -0.2) is 39.2 Å². The van der Waals surface area contributed by atoms with Gasteiger partial charge in [-0.25, -0.2) is 4.98 Å². The molecule has 4 rings (SSSR count). The minimum Gasteiger partial charge on any atom is -0.376 e. The summed E-state index contributed by atoms with van der Waals surface area (Å²) in [6.45, 7) is 2.38. The third-order valence-corrected chi connectivity index (χ3v) is 4.82. The first-order chi connectivity index (χ1) is 11.3. The van der Waals surface area contributed by atoms with Gasteiger partial charge in [0.1, 0.15) is 5.52 Å². The minimum absolute atomic E-state index is 0.226. The van der Waals surface area contributed by atoms with Crippen molar-refractivity contribution >= 4 is 34.3 Å². The molecule has 120 valence electrons. The van der Waals surface area contributed by atoms with Gasteiger partial charge in [0, 0.05) is 18.0 Å². The number of nitrogens with zero attached hydrogens (tertiary/aromatic N) is 4. The van der Waals surface area contributed by atoms with Crippen LogP contribution in [0.25, 0.3) is 11.2 Å². The molecule has 7 nitrogen and oxygen atoms in total. The molecule has 0 amide bonds. The highest BCUT2D eigenvalue weighted by molar-refractivity contribution is 7.09. The van der Waals surface area contributed by atoms with Gasteiger partial charge in [0.2, 0.25) is 5.95 Å². The van der Waals surface area contributed by atoms with E-state index >= 15 is 0 Å². The molecule has 0 spiro atoms. The maximum atomic E-state index is 5.87. The Bertz CT molecular complexity index is 780. The lowest BCUT2D eigenvalue weighted by Gasteiger charge is -2.26. The van der Waals surface area contributed by atoms with Crippen LogP contribution in [0.5, 0.6) is 0 Å². The van der Waals surface area contributed by atoms with E-state index in [4.69, 9.17) is 10.5 Å². The lowest BCUT2D eigenvalue weighted by atomic mass is 10.2. The Hall–Kier alpha value is -2.19. The summed E-state index contributed by atoms with van der Waals surface area (Å²) in [7, 11) is 0. The molecule has 0 radical (unpaired) electrons. The maximum Gasteiger partial charge on any atom is 0.224 e. The first-order valence-corrected chi connectivity index (χ1v) is 8.53. The number of nitrogen functional groups attached to an aromatic ring is 1. The summed E-state index contributed by atoms with van der Waals surface area (Å²) in [5.41, 5.74) is 7.28. The summed E-state index contributed by atoms with van der Waals surface area (Å²) in [4.78, 5) is 19.5. The molecule has 1 aliphatic rings. The smallest absolute Gasteiger partial charge is 0.224 e. The molecule has 1 aliphatic heterocycles. The number of nitrogens with two attached hydrogens (primary N) is 1. The number of ether oxygens (including phenoxy) is 1. The monoisotopic (exact) mass is 330 g/mol. The molecule has 0 aliphatic carbocycles. The third-order valence-electron chi connectivity index (χ3n) is 3.96. The van der Waals surface area contributed by atoms with Crippen molar-refractivity contribution < 1.29 is 4.74 Å². The van der Waals surface area contributed by atoms with E-state index in [0.29, 0.717) is 5.65 Å². The SMILES string of the molecule is Nc1nc(N(Cc2cccs2)C[C@@H]2CCCO2)c2[nH]cnc2n1. The van der Waals surface area contributed by atoms with Gasteiger partial charge in [-0.3, -0.25) is 0 Å². The van der Waals surface area contributed by atoms with Crippen molar-refractivity contribution in [1.29, 1.82) is 0 Å². The number of fused-ring (bicyclic) bond motifs is 1. The number of hydrogen-bond donors (Lipinski definition) is 2. The van der Waals surface area contributed by atoms with E-state index in [1.165, 1.54) is 4.88 Å². The topological polar surface area (TPSA) is 92.9 Å². The highest BCUT2D eigenvalue weighted by Gasteiger charge is 2.23. The summed E-state index contributed by atoms with van der Waals surface area (Å²) in [6.07, 6.45) is 4.04. The second kappa shape index (κ2) is 6.13. The molecule has 3 aromatic heterocycles. The molecule has 8 heteroatoms. The van der Waals surface area contributed by atoms with Gasteiger partial charge in [-0.15, -0.1) is 11.3 Å². The quantitative estimate of drug-likeness (QED) is 0.745. The molecule has 1 atom stereocenters. The predicted octanol–water partition coefficient (Wildman–Crippen LogP) is 2.18. The normalized spacial score (nSPS) is 17.8. The first kappa shape index (κ1) is 14.4. The van der Waals surface area contributed by atoms with Crippen molar-refractivity contribution in [3.8, 4) is 0 Å². The van der Waals surface area contributed by atoms with Crippen molar-refractivity contribution in [1.82, 2.24) is 19.9 Å². The van der Waals surface area contributed by atoms with Crippen LogP contribution in [0, 0.1) is 0 Å². The second-order valence-electron chi connectivity index (χ2n) is 5.60. The Morgan fingerprint density at radius 2 is 2.39 bits per heavy atom. The average Bonchev–Trinajstić information content (AvgIpc) is 3.28. The summed E-state index contributed by atoms with van der Waals surface area (Å²) >= 11 is 1.73. The van der Waals surface area contributed by atoms with E-state index in [2.05, 4.69) is 42.3 Å². The van der Waals surface area contributed by atoms with Crippen LogP contribution in [0.2, 0.25) is 0 Å². The van der Waals surface area contributed by atoms with Crippen molar-refractivity contribution in [2.45, 2.75) is 25.5 Å². The number of H-pyrrole nitrogens is 1. The summed E-state index contributed by atoms with van der Waals surface area (Å²) in [5, 5.41) is 2.08. The Morgan fingerprint density at radius 1 is 1.43 bits per heavy atom. The lowest BCUT2D eigenvalue weighted by molar-refractivity contribution is 0.115. The van der Waals surface area contributed by atoms with Gasteiger partial charge in [-0.2, -0.15) is 9.97 Å². The molecule has 3 N–H and O–H groups in total. The van der Waals surface area contributed by atoms with Crippen molar-refractivity contribution in [3.63, 3.8) is 0 Å². The van der Waals surface area contributed by atoms with E-state index in [-0.39, 0.29) is 12.1 Å². The summed E-state index contributed by atoms with van der Waals surface area (Å²) in [5.74, 6) is 1.03. The minimum atomic E-state index is 0.226. The number of imidazole rings is 1. The molecule has 23 heavy (non-hydrogen) atoms. The van der Waals surface area contributed by atoms with Gasteiger partial charge in [0.15, 0.2) is 11.5 Å². The number of hydrogen-bond acceptors (Lipinski definition) is 7. The molecule has 0 unspecified atom stereocenters. The number of aromatic nitrogens is 4. The number of nitrogens with one attached hydrogen (secondary N) is 1. The van der Waals surface area contributed by atoms with Gasteiger partial charge in [-0.05, 0) is 24.3 Å². The van der Waals surface area contributed by atoms with E-state index in [1.54, 1.807) is 17.7 Å². The fourth-order valence-electron chi connectivity index (χ4n) is 2.91. The largest absolute Gasteiger partial charge is 0.376 e. The van der Waals surface area contributed by atoms with Crippen LogP contribution in [-0.2, 0) is 11.3 Å². The van der Waals surface area contributed by atoms with Crippen LogP contribution in [0.1, 0.15) is 17.7 Å². The van der Waals surface area contributed by atoms with Gasteiger partial charge in [-0.1, -0.05) is 6.07 Å². The predicted molar refractivity (Wildman–Crippen MR) is 90.4 cm³/mol. The molecule has 0 saturated carbocycles. The molecule has 1 fully saturated rings. The third kappa shape index (κ3) is 2.99. The first-order valence-electron chi connectivity index (χ1n) is 7.65. The van der Waals surface area contributed by atoms with Crippen LogP contribution in [0.4, 0.5) is 11.8 Å². The van der Waals surface area contributed by atoms with E-state index in [9.17, 15) is 0 Å². The van der Waals surface area contributed by atoms with Crippen molar-refractivity contribution in [3.05, 3.63) is 28.7 Å². The zero-order chi connectivity index (χ0) is 15.6. The molecule has 4 heterocycles. The van der Waals surface area contributed by atoms with Crippen molar-refractivity contribution in [2.24, 2.45) is 0 Å². The number of anilines is 2. The zero-order valence-corrected chi connectivity index (χ0v) is 13.4. The molecule has 0 bridgehead atoms. The fourth-order valence-corrected chi connectivity index (χ4v) is 3.63. The highest BCUT2D eigenvalue weighted by Crippen LogP contribution is 2.26. The average molecular weight is 330 g/mol. The summed E-state index contributed by atoms with van der Waals surface area (Å²) in [6, 6.07) is 4.19. The van der Waals surface area contributed by atoms with E-state index < -0.39 is 0 Å². The van der Waals surface area contributed by atoms with E-state index in [1.807, 2.05) is 0 Å². The standard InChI is InChI=1S/C15H18N6OS/c16-15-19-13-12(17-9-18-13)14(20-15)21(7-10-3-1-5-22-10)8-11-4-2-6-23-11/h2,4,6,9-10H,1,3,5,7-8H2,(H3,16,17,18,19,20)/t10-/m0/s1. The second-order valence-corrected chi connectivity index (χ2v) is 6.63. The Labute approximate surface area is 137 Å². The van der Waals surface area contributed by atoms with Crippen LogP contribution in [0.15, 0.2) is 23.8 Å². The maximum absolute atomic E-state index is 5.87. The molecule has 1 saturated heterocycles. The molecular formula is C15H18N6OS. The number of aromatic amines is 1. The Balaban J connectivity index is 1.71. The lowest BCUT2D eigenvalue weighted by Crippen LogP contribution is -2.32. The fraction of sp³-hybridized carbons (Fsp3) is 0.400. The number of rotatable bonds is 5. The molecular weight excluding hydrogens is 312 g/mol. The van der Waals surface area contributed by atoms with Gasteiger partial charge < -0.3 is 20.4 Å². The Kier molecular flexibility index (Phi) is 3.84. The van der Waals surface area contributed by atoms with Gasteiger partial charge in [0.05, 0.1) is 19.0 Å². The van der Waals surface area contributed by atoms with Gasteiger partial charge >= 0.3 is 0 Å². The van der Waals surface area contributed by atoms with Crippen LogP contribution in [0.3, 0.4) is 0 Å². The highest BCUT2D eigenvalue weighted by atomic mass is 32.1. The van der Waals surface area contributed by atoms with Crippen molar-refractivity contribution in [2.75, 3.05) is 23.8 Å². The Morgan fingerprint density at radius 3 is 3.17 bits per heavy atom.